The number of carbonyl (C=O) groups is 1. The van der Waals surface area contributed by atoms with Crippen molar-refractivity contribution in [1.29, 1.82) is 0 Å². The van der Waals surface area contributed by atoms with Crippen molar-refractivity contribution in [2.75, 3.05) is 13.7 Å². The molecule has 2 heterocycles. The molecular weight excluding hydrogens is 338 g/mol. The van der Waals surface area contributed by atoms with E-state index in [1.807, 2.05) is 49.6 Å². The van der Waals surface area contributed by atoms with Gasteiger partial charge in [0.2, 0.25) is 5.91 Å². The molecule has 0 spiro atoms. The van der Waals surface area contributed by atoms with Crippen LogP contribution in [0.2, 0.25) is 0 Å². The van der Waals surface area contributed by atoms with E-state index >= 15 is 0 Å². The summed E-state index contributed by atoms with van der Waals surface area (Å²) in [5.74, 6) is 0.688. The molecule has 1 N–H and O–H groups in total. The molecule has 0 radical (unpaired) electrons. The van der Waals surface area contributed by atoms with E-state index in [0.717, 1.165) is 41.1 Å². The minimum absolute atomic E-state index is 0.0430. The lowest BCUT2D eigenvalue weighted by Gasteiger charge is -2.20. The van der Waals surface area contributed by atoms with Gasteiger partial charge in [0.1, 0.15) is 11.4 Å². The molecule has 1 amide bonds. The van der Waals surface area contributed by atoms with Gasteiger partial charge in [-0.2, -0.15) is 0 Å². The topological polar surface area (TPSA) is 55.6 Å². The van der Waals surface area contributed by atoms with Gasteiger partial charge in [-0.3, -0.25) is 4.79 Å². The smallest absolute Gasteiger partial charge is 0.221 e. The summed E-state index contributed by atoms with van der Waals surface area (Å²) in [6.07, 6.45) is 6.28. The number of ether oxygens (including phenoxy) is 1. The van der Waals surface area contributed by atoms with Crippen LogP contribution >= 0.6 is 0 Å². The molecule has 0 bridgehead atoms. The van der Waals surface area contributed by atoms with E-state index in [1.54, 1.807) is 7.11 Å². The van der Waals surface area contributed by atoms with Gasteiger partial charge in [0.15, 0.2) is 0 Å². The molecule has 3 aromatic rings. The zero-order chi connectivity index (χ0) is 19.2. The molecule has 1 unspecified atom stereocenters. The van der Waals surface area contributed by atoms with E-state index in [-0.39, 0.29) is 11.8 Å². The van der Waals surface area contributed by atoms with Crippen molar-refractivity contribution in [3.8, 4) is 5.75 Å². The van der Waals surface area contributed by atoms with Crippen LogP contribution in [0, 0.1) is 6.92 Å². The van der Waals surface area contributed by atoms with Crippen molar-refractivity contribution in [2.24, 2.45) is 0 Å². The largest absolute Gasteiger partial charge is 0.496 e. The van der Waals surface area contributed by atoms with Crippen LogP contribution in [0.25, 0.3) is 5.65 Å². The first-order valence-electron chi connectivity index (χ1n) is 9.47. The molecule has 3 rings (SSSR count). The molecule has 1 atom stereocenters. The quantitative estimate of drug-likeness (QED) is 0.612. The molecule has 142 valence electrons. The van der Waals surface area contributed by atoms with Gasteiger partial charge >= 0.3 is 0 Å². The third kappa shape index (κ3) is 4.30. The fourth-order valence-corrected chi connectivity index (χ4v) is 3.35. The number of rotatable bonds is 8. The molecule has 27 heavy (non-hydrogen) atoms. The maximum atomic E-state index is 12.6. The number of amides is 1. The van der Waals surface area contributed by atoms with E-state index in [4.69, 9.17) is 4.74 Å². The zero-order valence-corrected chi connectivity index (χ0v) is 16.2. The van der Waals surface area contributed by atoms with Crippen molar-refractivity contribution in [3.63, 3.8) is 0 Å². The highest BCUT2D eigenvalue weighted by Crippen LogP contribution is 2.34. The number of pyridine rings is 1. The number of methoxy groups -OCH3 is 1. The van der Waals surface area contributed by atoms with Crippen molar-refractivity contribution < 1.29 is 9.53 Å². The zero-order valence-electron chi connectivity index (χ0n) is 16.2. The highest BCUT2D eigenvalue weighted by atomic mass is 16.5. The second-order valence-electron chi connectivity index (χ2n) is 6.82. The predicted molar refractivity (Wildman–Crippen MR) is 107 cm³/mol. The molecule has 0 aliphatic rings. The number of para-hydroxylation sites is 1. The van der Waals surface area contributed by atoms with Crippen molar-refractivity contribution in [2.45, 2.75) is 39.0 Å². The SMILES string of the molecule is CCCCNC(=O)CC(c1ccccc1OC)c1cnc2cc(C)ccn12. The molecule has 5 heteroatoms. The first-order chi connectivity index (χ1) is 13.1. The van der Waals surface area contributed by atoms with Crippen LogP contribution in [0.4, 0.5) is 0 Å². The summed E-state index contributed by atoms with van der Waals surface area (Å²) in [5.41, 5.74) is 4.02. The number of nitrogens with zero attached hydrogens (tertiary/aromatic N) is 2. The van der Waals surface area contributed by atoms with Crippen LogP contribution in [0.1, 0.15) is 48.9 Å². The molecule has 5 nitrogen and oxygen atoms in total. The van der Waals surface area contributed by atoms with Crippen molar-refractivity contribution >= 4 is 11.6 Å². The molecule has 0 aliphatic heterocycles. The second kappa shape index (κ2) is 8.71. The Balaban J connectivity index is 2.00. The summed E-state index contributed by atoms with van der Waals surface area (Å²) in [6.45, 7) is 4.87. The Hall–Kier alpha value is -2.82. The Labute approximate surface area is 160 Å². The molecule has 2 aromatic heterocycles. The van der Waals surface area contributed by atoms with Crippen LogP contribution in [-0.4, -0.2) is 28.9 Å². The summed E-state index contributed by atoms with van der Waals surface area (Å²) in [6, 6.07) is 12.0. The minimum atomic E-state index is -0.138. The third-order valence-corrected chi connectivity index (χ3v) is 4.81. The van der Waals surface area contributed by atoms with Gasteiger partial charge in [0.25, 0.3) is 0 Å². The van der Waals surface area contributed by atoms with E-state index < -0.39 is 0 Å². The fraction of sp³-hybridized carbons (Fsp3) is 0.364. The first-order valence-corrected chi connectivity index (χ1v) is 9.47. The monoisotopic (exact) mass is 365 g/mol. The molecular formula is C22H27N3O2. The lowest BCUT2D eigenvalue weighted by atomic mass is 9.91. The number of aromatic nitrogens is 2. The Morgan fingerprint density at radius 1 is 1.30 bits per heavy atom. The van der Waals surface area contributed by atoms with Crippen molar-refractivity contribution in [1.82, 2.24) is 14.7 Å². The molecule has 0 aliphatic carbocycles. The summed E-state index contributed by atoms with van der Waals surface area (Å²) in [5, 5.41) is 3.03. The number of nitrogens with one attached hydrogen (secondary N) is 1. The van der Waals surface area contributed by atoms with Gasteiger partial charge in [0, 0.05) is 36.8 Å². The van der Waals surface area contributed by atoms with Gasteiger partial charge in [-0.25, -0.2) is 4.98 Å². The number of hydrogen-bond acceptors (Lipinski definition) is 3. The van der Waals surface area contributed by atoms with Gasteiger partial charge in [0.05, 0.1) is 12.8 Å². The van der Waals surface area contributed by atoms with E-state index in [2.05, 4.69) is 27.7 Å². The van der Waals surface area contributed by atoms with Gasteiger partial charge in [-0.05, 0) is 37.1 Å². The summed E-state index contributed by atoms with van der Waals surface area (Å²) in [4.78, 5) is 17.2. The maximum absolute atomic E-state index is 12.6. The molecule has 1 aromatic carbocycles. The highest BCUT2D eigenvalue weighted by Gasteiger charge is 2.24. The molecule has 0 fully saturated rings. The fourth-order valence-electron chi connectivity index (χ4n) is 3.35. The van der Waals surface area contributed by atoms with Crippen LogP contribution < -0.4 is 10.1 Å². The average Bonchev–Trinajstić information content (AvgIpc) is 3.09. The van der Waals surface area contributed by atoms with Crippen LogP contribution in [-0.2, 0) is 4.79 Å². The molecule has 0 saturated heterocycles. The maximum Gasteiger partial charge on any atom is 0.221 e. The number of carbonyl (C=O) groups excluding carboxylic acids is 1. The second-order valence-corrected chi connectivity index (χ2v) is 6.82. The minimum Gasteiger partial charge on any atom is -0.496 e. The lowest BCUT2D eigenvalue weighted by Crippen LogP contribution is -2.26. The summed E-state index contributed by atoms with van der Waals surface area (Å²) < 4.78 is 7.63. The Morgan fingerprint density at radius 2 is 2.11 bits per heavy atom. The van der Waals surface area contributed by atoms with Gasteiger partial charge < -0.3 is 14.5 Å². The number of fused-ring (bicyclic) bond motifs is 1. The number of imidazole rings is 1. The normalized spacial score (nSPS) is 12.1. The number of aryl methyl sites for hydroxylation is 1. The van der Waals surface area contributed by atoms with Crippen molar-refractivity contribution in [3.05, 3.63) is 65.6 Å². The Kier molecular flexibility index (Phi) is 6.12. The Bertz CT molecular complexity index is 917. The van der Waals surface area contributed by atoms with E-state index in [1.165, 1.54) is 0 Å². The Morgan fingerprint density at radius 3 is 2.89 bits per heavy atom. The lowest BCUT2D eigenvalue weighted by molar-refractivity contribution is -0.121. The van der Waals surface area contributed by atoms with Gasteiger partial charge in [-0.1, -0.05) is 31.5 Å². The number of unbranched alkanes of at least 4 members (excludes halogenated alkanes) is 1. The van der Waals surface area contributed by atoms with E-state index in [0.29, 0.717) is 13.0 Å². The van der Waals surface area contributed by atoms with Gasteiger partial charge in [-0.15, -0.1) is 0 Å². The first kappa shape index (κ1) is 19.0. The van der Waals surface area contributed by atoms with Crippen LogP contribution in [0.15, 0.2) is 48.8 Å². The standard InChI is InChI=1S/C22H27N3O2/c1-4-5-11-23-22(26)14-18(17-8-6-7-9-20(17)27-3)19-15-24-21-13-16(2)10-12-25(19)21/h6-10,12-13,15,18H,4-5,11,14H2,1-3H3,(H,23,26). The third-order valence-electron chi connectivity index (χ3n) is 4.81. The van der Waals surface area contributed by atoms with E-state index in [9.17, 15) is 4.79 Å². The van der Waals surface area contributed by atoms with Crippen LogP contribution in [0.5, 0.6) is 5.75 Å². The summed E-state index contributed by atoms with van der Waals surface area (Å²) in [7, 11) is 1.66. The number of hydrogen-bond donors (Lipinski definition) is 1. The van der Waals surface area contributed by atoms with Crippen LogP contribution in [0.3, 0.4) is 0 Å². The predicted octanol–water partition coefficient (Wildman–Crippen LogP) is 4.09. The molecule has 0 saturated carbocycles. The number of benzene rings is 1. The highest BCUT2D eigenvalue weighted by molar-refractivity contribution is 5.77. The average molecular weight is 365 g/mol. The summed E-state index contributed by atoms with van der Waals surface area (Å²) >= 11 is 0.